The van der Waals surface area contributed by atoms with Crippen molar-refractivity contribution in [3.05, 3.63) is 96.1 Å². The second-order valence-corrected chi connectivity index (χ2v) is 4.86. The van der Waals surface area contributed by atoms with Crippen molar-refractivity contribution in [1.82, 2.24) is 0 Å². The predicted octanol–water partition coefficient (Wildman–Crippen LogP) is 4.53. The molecule has 0 N–H and O–H groups in total. The average molecular weight is 294 g/mol. The van der Waals surface area contributed by atoms with Gasteiger partial charge >= 0.3 is 0 Å². The van der Waals surface area contributed by atoms with Crippen molar-refractivity contribution in [2.45, 2.75) is 13.2 Å². The maximum absolute atomic E-state index is 5.55. The summed E-state index contributed by atoms with van der Waals surface area (Å²) in [5.74, 6) is 0. The summed E-state index contributed by atoms with van der Waals surface area (Å²) in [7, 11) is 0. The van der Waals surface area contributed by atoms with Gasteiger partial charge in [0.2, 0.25) is 0 Å². The average Bonchev–Trinajstić information content (AvgIpc) is 2.58. The normalized spacial score (nSPS) is 11.5. The molecule has 0 bridgehead atoms. The van der Waals surface area contributed by atoms with Gasteiger partial charge in [-0.15, -0.1) is 0 Å². The number of allylic oxidation sites excluding steroid dienone is 2. The van der Waals surface area contributed by atoms with Crippen LogP contribution in [0.1, 0.15) is 11.1 Å². The third-order valence-corrected chi connectivity index (χ3v) is 3.03. The molecule has 0 unspecified atom stereocenters. The van der Waals surface area contributed by atoms with E-state index in [0.29, 0.717) is 26.4 Å². The first kappa shape index (κ1) is 16.2. The Morgan fingerprint density at radius 1 is 0.591 bits per heavy atom. The summed E-state index contributed by atoms with van der Waals surface area (Å²) in [6.45, 7) is 2.53. The minimum Gasteiger partial charge on any atom is -0.373 e. The second-order valence-electron chi connectivity index (χ2n) is 4.86. The molecule has 22 heavy (non-hydrogen) atoms. The van der Waals surface area contributed by atoms with E-state index in [4.69, 9.17) is 9.47 Å². The molecule has 0 aromatic heterocycles. The summed E-state index contributed by atoms with van der Waals surface area (Å²) in [6, 6.07) is 20.4. The van der Waals surface area contributed by atoms with Gasteiger partial charge in [-0.2, -0.15) is 0 Å². The molecule has 0 saturated heterocycles. The molecule has 0 amide bonds. The van der Waals surface area contributed by atoms with Gasteiger partial charge in [-0.05, 0) is 11.1 Å². The van der Waals surface area contributed by atoms with Gasteiger partial charge in [0.15, 0.2) is 0 Å². The van der Waals surface area contributed by atoms with E-state index in [2.05, 4.69) is 24.3 Å². The van der Waals surface area contributed by atoms with E-state index in [0.717, 1.165) is 0 Å². The van der Waals surface area contributed by atoms with Crippen molar-refractivity contribution >= 4 is 0 Å². The van der Waals surface area contributed by atoms with Crippen LogP contribution in [0.5, 0.6) is 0 Å². The van der Waals surface area contributed by atoms with Crippen LogP contribution >= 0.6 is 0 Å². The molecule has 0 heterocycles. The molecular weight excluding hydrogens is 272 g/mol. The van der Waals surface area contributed by atoms with Crippen LogP contribution in [-0.4, -0.2) is 13.2 Å². The lowest BCUT2D eigenvalue weighted by Gasteiger charge is -2.00. The third-order valence-electron chi connectivity index (χ3n) is 3.03. The van der Waals surface area contributed by atoms with Crippen LogP contribution < -0.4 is 0 Å². The van der Waals surface area contributed by atoms with Crippen LogP contribution in [-0.2, 0) is 22.7 Å². The van der Waals surface area contributed by atoms with E-state index in [9.17, 15) is 0 Å². The number of rotatable bonds is 9. The topological polar surface area (TPSA) is 18.5 Å². The summed E-state index contributed by atoms with van der Waals surface area (Å²) in [6.07, 6.45) is 7.96. The molecule has 2 aromatic carbocycles. The van der Waals surface area contributed by atoms with E-state index in [1.54, 1.807) is 0 Å². The van der Waals surface area contributed by atoms with Gasteiger partial charge in [0.1, 0.15) is 0 Å². The van der Waals surface area contributed by atoms with Crippen molar-refractivity contribution in [3.63, 3.8) is 0 Å². The second kappa shape index (κ2) is 10.6. The van der Waals surface area contributed by atoms with Gasteiger partial charge in [-0.1, -0.05) is 85.0 Å². The Kier molecular flexibility index (Phi) is 7.78. The van der Waals surface area contributed by atoms with E-state index in [-0.39, 0.29) is 0 Å². The molecule has 0 radical (unpaired) electrons. The highest BCUT2D eigenvalue weighted by molar-refractivity contribution is 5.14. The van der Waals surface area contributed by atoms with Gasteiger partial charge in [-0.3, -0.25) is 0 Å². The highest BCUT2D eigenvalue weighted by Crippen LogP contribution is 2.01. The van der Waals surface area contributed by atoms with Crippen molar-refractivity contribution in [1.29, 1.82) is 0 Å². The first-order valence-electron chi connectivity index (χ1n) is 7.50. The van der Waals surface area contributed by atoms with Gasteiger partial charge < -0.3 is 9.47 Å². The Morgan fingerprint density at radius 2 is 1.00 bits per heavy atom. The summed E-state index contributed by atoms with van der Waals surface area (Å²) in [5, 5.41) is 0. The summed E-state index contributed by atoms with van der Waals surface area (Å²) < 4.78 is 11.1. The largest absolute Gasteiger partial charge is 0.373 e. The van der Waals surface area contributed by atoms with E-state index < -0.39 is 0 Å². The smallest absolute Gasteiger partial charge is 0.0721 e. The SMILES string of the molecule is C(/C=C\COCc1ccccc1)=C/COCc1ccccc1. The van der Waals surface area contributed by atoms with Gasteiger partial charge in [0.05, 0.1) is 26.4 Å². The zero-order chi connectivity index (χ0) is 15.3. The van der Waals surface area contributed by atoms with Gasteiger partial charge in [0, 0.05) is 0 Å². The van der Waals surface area contributed by atoms with E-state index in [1.165, 1.54) is 11.1 Å². The van der Waals surface area contributed by atoms with E-state index in [1.807, 2.05) is 60.7 Å². The Bertz CT molecular complexity index is 505. The first-order valence-corrected chi connectivity index (χ1v) is 7.50. The molecule has 0 fully saturated rings. The number of benzene rings is 2. The Balaban J connectivity index is 1.50. The highest BCUT2D eigenvalue weighted by Gasteiger charge is 1.89. The van der Waals surface area contributed by atoms with Crippen molar-refractivity contribution in [2.24, 2.45) is 0 Å². The lowest BCUT2D eigenvalue weighted by atomic mass is 10.2. The Morgan fingerprint density at radius 3 is 1.41 bits per heavy atom. The molecule has 2 heteroatoms. The molecule has 2 rings (SSSR count). The van der Waals surface area contributed by atoms with Crippen LogP contribution in [0.15, 0.2) is 85.0 Å². The fourth-order valence-corrected chi connectivity index (χ4v) is 1.91. The molecule has 0 aliphatic rings. The van der Waals surface area contributed by atoms with Gasteiger partial charge in [-0.25, -0.2) is 0 Å². The first-order chi connectivity index (χ1) is 10.9. The quantitative estimate of drug-likeness (QED) is 0.499. The van der Waals surface area contributed by atoms with Crippen molar-refractivity contribution in [2.75, 3.05) is 13.2 Å². The third kappa shape index (κ3) is 7.02. The molecule has 0 aliphatic heterocycles. The Labute approximate surface area is 132 Å². The van der Waals surface area contributed by atoms with Crippen LogP contribution in [0.2, 0.25) is 0 Å². The van der Waals surface area contributed by atoms with Crippen LogP contribution in [0.25, 0.3) is 0 Å². The molecule has 0 atom stereocenters. The minimum absolute atomic E-state index is 0.615. The molecule has 0 saturated carbocycles. The van der Waals surface area contributed by atoms with Crippen LogP contribution in [0.4, 0.5) is 0 Å². The fourth-order valence-electron chi connectivity index (χ4n) is 1.91. The number of hydrogen-bond donors (Lipinski definition) is 0. The Hall–Kier alpha value is -2.16. The fraction of sp³-hybridized carbons (Fsp3) is 0.200. The molecule has 2 nitrogen and oxygen atoms in total. The summed E-state index contributed by atoms with van der Waals surface area (Å²) in [4.78, 5) is 0. The monoisotopic (exact) mass is 294 g/mol. The molecule has 2 aromatic rings. The van der Waals surface area contributed by atoms with Crippen LogP contribution in [0, 0.1) is 0 Å². The highest BCUT2D eigenvalue weighted by atomic mass is 16.5. The standard InChI is InChI=1S/C20H22O2/c1(9-15-21-17-19-11-5-3-6-12-19)2-10-16-22-18-20-13-7-4-8-14-20/h1-14H,15-18H2/b9-1-,10-2-. The maximum Gasteiger partial charge on any atom is 0.0721 e. The number of hydrogen-bond acceptors (Lipinski definition) is 2. The molecule has 114 valence electrons. The summed E-state index contributed by atoms with van der Waals surface area (Å²) >= 11 is 0. The lowest BCUT2D eigenvalue weighted by Crippen LogP contribution is -1.92. The van der Waals surface area contributed by atoms with Crippen molar-refractivity contribution < 1.29 is 9.47 Å². The van der Waals surface area contributed by atoms with Crippen LogP contribution in [0.3, 0.4) is 0 Å². The van der Waals surface area contributed by atoms with E-state index >= 15 is 0 Å². The molecule has 0 aliphatic carbocycles. The molecule has 0 spiro atoms. The predicted molar refractivity (Wildman–Crippen MR) is 90.5 cm³/mol. The minimum atomic E-state index is 0.615. The van der Waals surface area contributed by atoms with Gasteiger partial charge in [0.25, 0.3) is 0 Å². The van der Waals surface area contributed by atoms with Crippen molar-refractivity contribution in [3.8, 4) is 0 Å². The molecular formula is C20H22O2. The lowest BCUT2D eigenvalue weighted by molar-refractivity contribution is 0.148. The zero-order valence-electron chi connectivity index (χ0n) is 12.7. The number of ether oxygens (including phenoxy) is 2. The summed E-state index contributed by atoms with van der Waals surface area (Å²) in [5.41, 5.74) is 2.39. The zero-order valence-corrected chi connectivity index (χ0v) is 12.7. The maximum atomic E-state index is 5.55.